The van der Waals surface area contributed by atoms with E-state index in [-0.39, 0.29) is 10.6 Å². The van der Waals surface area contributed by atoms with Gasteiger partial charge in [-0.2, -0.15) is 0 Å². The third kappa shape index (κ3) is 4.54. The number of nitro benzene ring substituents is 1. The van der Waals surface area contributed by atoms with Gasteiger partial charge < -0.3 is 4.90 Å². The molecule has 0 atom stereocenters. The summed E-state index contributed by atoms with van der Waals surface area (Å²) in [4.78, 5) is 15.0. The van der Waals surface area contributed by atoms with Crippen molar-refractivity contribution in [3.63, 3.8) is 0 Å². The Balaban J connectivity index is 1.69. The SMILES string of the molecule is CS(=O)(=O)c1cc([N+](=O)[O-])ccc1N1CCN(CC2CCCCC2)CC1. The average Bonchev–Trinajstić information content (AvgIpc) is 2.62. The highest BCUT2D eigenvalue weighted by Gasteiger charge is 2.26. The van der Waals surface area contributed by atoms with E-state index in [2.05, 4.69) is 4.90 Å². The molecule has 26 heavy (non-hydrogen) atoms. The van der Waals surface area contributed by atoms with Gasteiger partial charge in [-0.15, -0.1) is 0 Å². The van der Waals surface area contributed by atoms with Crippen LogP contribution in [0.5, 0.6) is 0 Å². The van der Waals surface area contributed by atoms with Crippen LogP contribution in [0.15, 0.2) is 23.1 Å². The van der Waals surface area contributed by atoms with Gasteiger partial charge in [0.15, 0.2) is 9.84 Å². The number of anilines is 1. The Kier molecular flexibility index (Phi) is 5.82. The average molecular weight is 381 g/mol. The van der Waals surface area contributed by atoms with Crippen LogP contribution in [0.25, 0.3) is 0 Å². The molecule has 1 saturated heterocycles. The number of non-ortho nitro benzene ring substituents is 1. The molecule has 1 aromatic rings. The second-order valence-corrected chi connectivity index (χ2v) is 9.46. The molecular formula is C18H27N3O4S. The number of hydrogen-bond donors (Lipinski definition) is 0. The monoisotopic (exact) mass is 381 g/mol. The minimum absolute atomic E-state index is 0.0485. The molecule has 1 saturated carbocycles. The predicted molar refractivity (Wildman–Crippen MR) is 101 cm³/mol. The highest BCUT2D eigenvalue weighted by atomic mass is 32.2. The lowest BCUT2D eigenvalue weighted by Crippen LogP contribution is -2.48. The first-order valence-corrected chi connectivity index (χ1v) is 11.2. The minimum atomic E-state index is -3.53. The van der Waals surface area contributed by atoms with Gasteiger partial charge in [-0.1, -0.05) is 19.3 Å². The second-order valence-electron chi connectivity index (χ2n) is 7.47. The largest absolute Gasteiger partial charge is 0.368 e. The maximum Gasteiger partial charge on any atom is 0.270 e. The molecule has 1 heterocycles. The van der Waals surface area contributed by atoms with Gasteiger partial charge in [0.25, 0.3) is 5.69 Å². The summed E-state index contributed by atoms with van der Waals surface area (Å²) in [7, 11) is -3.53. The number of nitro groups is 1. The fourth-order valence-electron chi connectivity index (χ4n) is 4.08. The molecule has 0 N–H and O–H groups in total. The number of sulfone groups is 1. The van der Waals surface area contributed by atoms with Crippen molar-refractivity contribution in [2.24, 2.45) is 5.92 Å². The molecule has 1 aliphatic heterocycles. The standard InChI is InChI=1S/C18H27N3O4S/c1-26(24,25)18-13-16(21(22)23)7-8-17(18)20-11-9-19(10-12-20)14-15-5-3-2-4-6-15/h7-8,13,15H,2-6,9-12,14H2,1H3. The highest BCUT2D eigenvalue weighted by Crippen LogP contribution is 2.31. The van der Waals surface area contributed by atoms with Gasteiger partial charge >= 0.3 is 0 Å². The van der Waals surface area contributed by atoms with Crippen LogP contribution in [0, 0.1) is 16.0 Å². The molecule has 2 fully saturated rings. The van der Waals surface area contributed by atoms with E-state index < -0.39 is 14.8 Å². The van der Waals surface area contributed by atoms with Crippen LogP contribution in [-0.4, -0.2) is 57.2 Å². The number of piperazine rings is 1. The van der Waals surface area contributed by atoms with E-state index in [4.69, 9.17) is 0 Å². The topological polar surface area (TPSA) is 83.8 Å². The molecule has 0 radical (unpaired) electrons. The first-order valence-electron chi connectivity index (χ1n) is 9.30. The van der Waals surface area contributed by atoms with Gasteiger partial charge in [0.05, 0.1) is 15.5 Å². The Morgan fingerprint density at radius 3 is 2.35 bits per heavy atom. The van der Waals surface area contributed by atoms with Crippen molar-refractivity contribution in [1.82, 2.24) is 4.90 Å². The smallest absolute Gasteiger partial charge is 0.270 e. The second kappa shape index (κ2) is 7.92. The predicted octanol–water partition coefficient (Wildman–Crippen LogP) is 2.70. The quantitative estimate of drug-likeness (QED) is 0.576. The Labute approximate surface area is 155 Å². The van der Waals surface area contributed by atoms with E-state index in [1.807, 2.05) is 4.90 Å². The normalized spacial score (nSPS) is 20.3. The summed E-state index contributed by atoms with van der Waals surface area (Å²) in [6.45, 7) is 4.42. The first kappa shape index (κ1) is 19.1. The van der Waals surface area contributed by atoms with Gasteiger partial charge in [0.2, 0.25) is 0 Å². The maximum atomic E-state index is 12.1. The van der Waals surface area contributed by atoms with Crippen molar-refractivity contribution in [1.29, 1.82) is 0 Å². The fourth-order valence-corrected chi connectivity index (χ4v) is 4.99. The number of nitrogens with zero attached hydrogens (tertiary/aromatic N) is 3. The van der Waals surface area contributed by atoms with Crippen molar-refractivity contribution in [3.05, 3.63) is 28.3 Å². The van der Waals surface area contributed by atoms with E-state index in [1.165, 1.54) is 44.2 Å². The lowest BCUT2D eigenvalue weighted by molar-refractivity contribution is -0.385. The van der Waals surface area contributed by atoms with E-state index in [0.717, 1.165) is 44.9 Å². The molecule has 0 amide bonds. The first-order chi connectivity index (χ1) is 12.3. The molecule has 7 nitrogen and oxygen atoms in total. The van der Waals surface area contributed by atoms with Gasteiger partial charge in [-0.3, -0.25) is 15.0 Å². The number of hydrogen-bond acceptors (Lipinski definition) is 6. The molecule has 2 aliphatic rings. The third-order valence-corrected chi connectivity index (χ3v) is 6.63. The molecule has 0 unspecified atom stereocenters. The Morgan fingerprint density at radius 1 is 1.12 bits per heavy atom. The molecule has 0 aromatic heterocycles. The van der Waals surface area contributed by atoms with Crippen molar-refractivity contribution in [2.75, 3.05) is 43.9 Å². The van der Waals surface area contributed by atoms with Crippen molar-refractivity contribution < 1.29 is 13.3 Å². The summed E-state index contributed by atoms with van der Waals surface area (Å²) >= 11 is 0. The summed E-state index contributed by atoms with van der Waals surface area (Å²) in [6, 6.07) is 4.14. The molecule has 3 rings (SSSR count). The van der Waals surface area contributed by atoms with Gasteiger partial charge in [0, 0.05) is 51.1 Å². The van der Waals surface area contributed by atoms with Crippen molar-refractivity contribution in [2.45, 2.75) is 37.0 Å². The highest BCUT2D eigenvalue weighted by molar-refractivity contribution is 7.90. The minimum Gasteiger partial charge on any atom is -0.368 e. The van der Waals surface area contributed by atoms with Crippen LogP contribution in [0.2, 0.25) is 0 Å². The number of benzene rings is 1. The third-order valence-electron chi connectivity index (χ3n) is 5.51. The summed E-state index contributed by atoms with van der Waals surface area (Å²) in [6.07, 6.45) is 7.78. The Bertz CT molecular complexity index is 752. The van der Waals surface area contributed by atoms with Crippen LogP contribution in [0.4, 0.5) is 11.4 Å². The van der Waals surface area contributed by atoms with Crippen molar-refractivity contribution in [3.8, 4) is 0 Å². The van der Waals surface area contributed by atoms with E-state index >= 15 is 0 Å². The molecule has 1 aliphatic carbocycles. The van der Waals surface area contributed by atoms with E-state index in [1.54, 1.807) is 6.07 Å². The van der Waals surface area contributed by atoms with Gasteiger partial charge in [0.1, 0.15) is 0 Å². The Hall–Kier alpha value is -1.67. The van der Waals surface area contributed by atoms with Crippen LogP contribution >= 0.6 is 0 Å². The lowest BCUT2D eigenvalue weighted by atomic mass is 9.89. The number of rotatable bonds is 5. The summed E-state index contributed by atoms with van der Waals surface area (Å²) in [5, 5.41) is 11.0. The lowest BCUT2D eigenvalue weighted by Gasteiger charge is -2.38. The van der Waals surface area contributed by atoms with Crippen LogP contribution in [-0.2, 0) is 9.84 Å². The molecule has 8 heteroatoms. The molecule has 144 valence electrons. The van der Waals surface area contributed by atoms with Crippen LogP contribution in [0.1, 0.15) is 32.1 Å². The van der Waals surface area contributed by atoms with Gasteiger partial charge in [-0.05, 0) is 24.8 Å². The molecule has 1 aromatic carbocycles. The Morgan fingerprint density at radius 2 is 1.77 bits per heavy atom. The molecular weight excluding hydrogens is 354 g/mol. The zero-order valence-electron chi connectivity index (χ0n) is 15.3. The zero-order chi connectivity index (χ0) is 18.7. The summed E-state index contributed by atoms with van der Waals surface area (Å²) in [5.74, 6) is 0.793. The van der Waals surface area contributed by atoms with E-state index in [9.17, 15) is 18.5 Å². The van der Waals surface area contributed by atoms with Crippen LogP contribution in [0.3, 0.4) is 0 Å². The van der Waals surface area contributed by atoms with Crippen LogP contribution < -0.4 is 4.90 Å². The van der Waals surface area contributed by atoms with Crippen molar-refractivity contribution >= 4 is 21.2 Å². The maximum absolute atomic E-state index is 12.1. The molecule has 0 spiro atoms. The summed E-state index contributed by atoms with van der Waals surface area (Å²) < 4.78 is 24.3. The molecule has 0 bridgehead atoms. The zero-order valence-corrected chi connectivity index (χ0v) is 16.1. The summed E-state index contributed by atoms with van der Waals surface area (Å²) in [5.41, 5.74) is 0.389. The van der Waals surface area contributed by atoms with Gasteiger partial charge in [-0.25, -0.2) is 8.42 Å². The van der Waals surface area contributed by atoms with E-state index in [0.29, 0.717) is 5.69 Å². The fraction of sp³-hybridized carbons (Fsp3) is 0.667.